The van der Waals surface area contributed by atoms with Gasteiger partial charge in [0.05, 0.1) is 35.2 Å². The van der Waals surface area contributed by atoms with Crippen LogP contribution in [0.1, 0.15) is 31.0 Å². The number of aliphatic hydroxyl groups excluding tert-OH is 2. The Morgan fingerprint density at radius 2 is 1.89 bits per heavy atom. The lowest BCUT2D eigenvalue weighted by atomic mass is 9.47. The summed E-state index contributed by atoms with van der Waals surface area (Å²) in [6, 6.07) is 1.60. The molecule has 0 unspecified atom stereocenters. The molecule has 0 spiro atoms. The van der Waals surface area contributed by atoms with E-state index in [1.165, 1.54) is 30.1 Å². The van der Waals surface area contributed by atoms with Crippen LogP contribution in [0.4, 0.5) is 13.2 Å². The number of hydrogen-bond acceptors (Lipinski definition) is 8. The van der Waals surface area contributed by atoms with Gasteiger partial charge in [0.1, 0.15) is 35.7 Å². The maximum Gasteiger partial charge on any atom is 0.178 e. The number of nitrogens with zero attached hydrogens (tertiary/aromatic N) is 6. The zero-order chi connectivity index (χ0) is 26.1. The summed E-state index contributed by atoms with van der Waals surface area (Å²) in [4.78, 5) is 0. The molecule has 37 heavy (non-hydrogen) atoms. The van der Waals surface area contributed by atoms with Crippen LogP contribution in [0.5, 0.6) is 0 Å². The molecule has 3 heterocycles. The third-order valence-corrected chi connectivity index (χ3v) is 8.03. The summed E-state index contributed by atoms with van der Waals surface area (Å²) in [5, 5.41) is 36.9. The van der Waals surface area contributed by atoms with Gasteiger partial charge in [-0.2, -0.15) is 0 Å². The molecular weight excluding hydrogens is 517 g/mol. The summed E-state index contributed by atoms with van der Waals surface area (Å²) in [6.07, 6.45) is 0.913. The first-order chi connectivity index (χ1) is 17.7. The summed E-state index contributed by atoms with van der Waals surface area (Å²) in [5.41, 5.74) is -0.942. The van der Waals surface area contributed by atoms with E-state index in [-0.39, 0.29) is 28.2 Å². The van der Waals surface area contributed by atoms with Gasteiger partial charge in [0, 0.05) is 44.6 Å². The van der Waals surface area contributed by atoms with Gasteiger partial charge in [0.15, 0.2) is 11.6 Å². The molecule has 4 aliphatic rings. The van der Waals surface area contributed by atoms with Gasteiger partial charge in [0.2, 0.25) is 0 Å². The molecule has 0 amide bonds. The Hall–Kier alpha value is -2.58. The first kappa shape index (κ1) is 24.7. The van der Waals surface area contributed by atoms with Crippen LogP contribution in [-0.2, 0) is 21.4 Å². The van der Waals surface area contributed by atoms with Gasteiger partial charge in [-0.15, -0.1) is 10.2 Å². The fraction of sp³-hybridized carbons (Fsp3) is 0.565. The molecule has 2 N–H and O–H groups in total. The Balaban J connectivity index is 1.27. The highest BCUT2D eigenvalue weighted by Gasteiger charge is 2.71. The van der Waals surface area contributed by atoms with E-state index in [0.29, 0.717) is 25.0 Å². The van der Waals surface area contributed by atoms with Crippen LogP contribution in [0.15, 0.2) is 24.5 Å². The molecular formula is C23H24ClF3N6O4. The average Bonchev–Trinajstić information content (AvgIpc) is 3.50. The van der Waals surface area contributed by atoms with Crippen LogP contribution < -0.4 is 0 Å². The molecule has 10 nitrogen and oxygen atoms in total. The largest absolute Gasteiger partial charge is 0.394 e. The Morgan fingerprint density at radius 3 is 2.57 bits per heavy atom. The summed E-state index contributed by atoms with van der Waals surface area (Å²) in [7, 11) is 1.44. The second-order valence-corrected chi connectivity index (χ2v) is 10.6. The van der Waals surface area contributed by atoms with Crippen molar-refractivity contribution >= 4 is 11.6 Å². The lowest BCUT2D eigenvalue weighted by Crippen LogP contribution is -2.70. The summed E-state index contributed by atoms with van der Waals surface area (Å²) >= 11 is 5.65. The Bertz CT molecular complexity index is 1320. The molecule has 7 rings (SSSR count). The van der Waals surface area contributed by atoms with E-state index in [1.54, 1.807) is 10.9 Å². The number of halogens is 4. The number of alkyl halides is 1. The molecule has 1 saturated heterocycles. The summed E-state index contributed by atoms with van der Waals surface area (Å²) in [6.45, 7) is -0.489. The highest BCUT2D eigenvalue weighted by Crippen LogP contribution is 2.67. The highest BCUT2D eigenvalue weighted by atomic mass is 35.5. The fourth-order valence-corrected chi connectivity index (χ4v) is 6.03. The van der Waals surface area contributed by atoms with Crippen LogP contribution in [-0.4, -0.2) is 84.0 Å². The van der Waals surface area contributed by atoms with Crippen LogP contribution in [0.2, 0.25) is 5.02 Å². The van der Waals surface area contributed by atoms with E-state index in [0.717, 1.165) is 0 Å². The van der Waals surface area contributed by atoms with Gasteiger partial charge >= 0.3 is 0 Å². The van der Waals surface area contributed by atoms with E-state index in [1.807, 2.05) is 0 Å². The standard InChI is InChI=1S/C23H24ClF3N6O4/c1-36-21-15(4-11-5-33(31-28-11)23-8-22(27,9-23)10-23)37-16(7-34)20(35)19(21)32-6-14(29-30-32)12-2-3-13(24)18(26)17(12)25/h2-3,5-6,15-16,19-21,34-35H,4,7-10H2,1H3/t15-,16-,19+,20+,21+,22?,23?/m1/s1. The van der Waals surface area contributed by atoms with Gasteiger partial charge < -0.3 is 19.7 Å². The maximum absolute atomic E-state index is 14.5. The van der Waals surface area contributed by atoms with Crippen molar-refractivity contribution in [3.05, 3.63) is 46.9 Å². The van der Waals surface area contributed by atoms with Crippen molar-refractivity contribution in [3.63, 3.8) is 0 Å². The Labute approximate surface area is 213 Å². The predicted molar refractivity (Wildman–Crippen MR) is 121 cm³/mol. The van der Waals surface area contributed by atoms with Gasteiger partial charge in [-0.3, -0.25) is 0 Å². The fourth-order valence-electron chi connectivity index (χ4n) is 5.89. The van der Waals surface area contributed by atoms with Crippen molar-refractivity contribution in [1.29, 1.82) is 0 Å². The Morgan fingerprint density at radius 1 is 1.14 bits per heavy atom. The number of aromatic nitrogens is 6. The van der Waals surface area contributed by atoms with Crippen LogP contribution in [0, 0.1) is 11.6 Å². The number of benzene rings is 1. The van der Waals surface area contributed by atoms with Crippen molar-refractivity contribution in [3.8, 4) is 11.3 Å². The summed E-state index contributed by atoms with van der Waals surface area (Å²) in [5.74, 6) is -2.38. The minimum atomic E-state index is -1.26. The van der Waals surface area contributed by atoms with Gasteiger partial charge in [-0.05, 0) is 12.1 Å². The van der Waals surface area contributed by atoms with E-state index < -0.39 is 54.4 Å². The molecule has 3 aliphatic carbocycles. The quantitative estimate of drug-likeness (QED) is 0.437. The molecule has 2 bridgehead atoms. The van der Waals surface area contributed by atoms with Crippen molar-refractivity contribution < 1.29 is 32.9 Å². The number of hydrogen-bond donors (Lipinski definition) is 2. The van der Waals surface area contributed by atoms with E-state index >= 15 is 0 Å². The van der Waals surface area contributed by atoms with Crippen molar-refractivity contribution in [2.75, 3.05) is 13.7 Å². The van der Waals surface area contributed by atoms with Crippen LogP contribution >= 0.6 is 11.6 Å². The number of ether oxygens (including phenoxy) is 2. The van der Waals surface area contributed by atoms with Gasteiger partial charge in [-0.1, -0.05) is 22.0 Å². The third kappa shape index (κ3) is 3.86. The molecule has 198 valence electrons. The molecule has 4 fully saturated rings. The smallest absolute Gasteiger partial charge is 0.178 e. The second kappa shape index (κ2) is 8.73. The van der Waals surface area contributed by atoms with Crippen molar-refractivity contribution in [2.24, 2.45) is 0 Å². The SMILES string of the molecule is CO[C@@H]1[C@@H](n2cc(-c3ccc(Cl)c(F)c3F)nn2)[C@@H](O)[C@@H](CO)O[C@@H]1Cc1cn(C23CC(F)(C2)C3)nn1. The molecule has 1 aromatic carbocycles. The molecule has 1 aliphatic heterocycles. The highest BCUT2D eigenvalue weighted by molar-refractivity contribution is 6.30. The van der Waals surface area contributed by atoms with Crippen molar-refractivity contribution in [1.82, 2.24) is 30.0 Å². The van der Waals surface area contributed by atoms with Crippen molar-refractivity contribution in [2.45, 2.75) is 67.3 Å². The second-order valence-electron chi connectivity index (χ2n) is 10.1. The third-order valence-electron chi connectivity index (χ3n) is 7.74. The molecule has 14 heteroatoms. The first-order valence-electron chi connectivity index (χ1n) is 11.8. The van der Waals surface area contributed by atoms with Crippen LogP contribution in [0.25, 0.3) is 11.3 Å². The average molecular weight is 541 g/mol. The number of methoxy groups -OCH3 is 1. The first-order valence-corrected chi connectivity index (χ1v) is 12.2. The molecule has 3 aromatic rings. The summed E-state index contributed by atoms with van der Waals surface area (Å²) < 4.78 is 57.1. The zero-order valence-electron chi connectivity index (χ0n) is 19.6. The lowest BCUT2D eigenvalue weighted by Gasteiger charge is -2.64. The Kier molecular flexibility index (Phi) is 5.84. The minimum absolute atomic E-state index is 0.0193. The minimum Gasteiger partial charge on any atom is -0.394 e. The maximum atomic E-state index is 14.5. The number of aliphatic hydroxyl groups is 2. The van der Waals surface area contributed by atoms with Gasteiger partial charge in [0.25, 0.3) is 0 Å². The predicted octanol–water partition coefficient (Wildman–Crippen LogP) is 1.99. The topological polar surface area (TPSA) is 120 Å². The lowest BCUT2D eigenvalue weighted by molar-refractivity contribution is -0.212. The van der Waals surface area contributed by atoms with E-state index in [9.17, 15) is 23.4 Å². The monoisotopic (exact) mass is 540 g/mol. The van der Waals surface area contributed by atoms with E-state index in [4.69, 9.17) is 21.1 Å². The molecule has 2 aromatic heterocycles. The molecule has 3 saturated carbocycles. The molecule has 5 atom stereocenters. The number of rotatable bonds is 7. The van der Waals surface area contributed by atoms with Gasteiger partial charge in [-0.25, -0.2) is 22.5 Å². The normalized spacial score (nSPS) is 34.7. The molecule has 0 radical (unpaired) electrons. The van der Waals surface area contributed by atoms with Crippen LogP contribution in [0.3, 0.4) is 0 Å². The van der Waals surface area contributed by atoms with E-state index in [2.05, 4.69) is 20.6 Å². The zero-order valence-corrected chi connectivity index (χ0v) is 20.4.